The molecule has 0 aromatic heterocycles. The lowest BCUT2D eigenvalue weighted by atomic mass is 9.97. The van der Waals surface area contributed by atoms with E-state index in [1.54, 1.807) is 7.05 Å². The number of nitrogens with zero attached hydrogens (tertiary/aromatic N) is 1. The van der Waals surface area contributed by atoms with E-state index in [1.807, 2.05) is 0 Å². The molecule has 1 aromatic carbocycles. The third-order valence-electron chi connectivity index (χ3n) is 4.03. The number of hydrogen-bond acceptors (Lipinski definition) is 4. The van der Waals surface area contributed by atoms with Crippen LogP contribution in [-0.4, -0.2) is 51.9 Å². The summed E-state index contributed by atoms with van der Waals surface area (Å²) in [6.45, 7) is 1.73. The molecule has 0 spiro atoms. The van der Waals surface area contributed by atoms with Crippen LogP contribution in [0.15, 0.2) is 23.1 Å². The van der Waals surface area contributed by atoms with Gasteiger partial charge in [-0.3, -0.25) is 4.79 Å². The van der Waals surface area contributed by atoms with Gasteiger partial charge in [-0.2, -0.15) is 4.31 Å². The Bertz CT molecular complexity index is 691. The molecule has 6 nitrogen and oxygen atoms in total. The Kier molecular flexibility index (Phi) is 6.56. The zero-order valence-corrected chi connectivity index (χ0v) is 15.0. The molecule has 1 aliphatic heterocycles. The Balaban J connectivity index is 1.98. The smallest absolute Gasteiger partial charge is 0.243 e. The summed E-state index contributed by atoms with van der Waals surface area (Å²) in [5.74, 6) is -0.898. The fourth-order valence-electron chi connectivity index (χ4n) is 2.60. The van der Waals surface area contributed by atoms with Gasteiger partial charge in [0.05, 0.1) is 9.92 Å². The second-order valence-corrected chi connectivity index (χ2v) is 7.99. The minimum Gasteiger partial charge on any atom is -0.355 e. The number of likely N-dealkylation sites (N-methyl/N-ethyl adjacent to an activating group) is 1. The van der Waals surface area contributed by atoms with Gasteiger partial charge in [0.15, 0.2) is 0 Å². The van der Waals surface area contributed by atoms with Crippen molar-refractivity contribution < 1.29 is 17.6 Å². The SMILES string of the molecule is CNCCNC(=O)C1CCN(S(=O)(=O)c2ccc(F)c(Cl)c2)CC1. The maximum Gasteiger partial charge on any atom is 0.243 e. The number of sulfonamides is 1. The second kappa shape index (κ2) is 8.24. The normalized spacial score (nSPS) is 17.0. The largest absolute Gasteiger partial charge is 0.355 e. The zero-order chi connectivity index (χ0) is 17.7. The number of amides is 1. The molecule has 0 unspecified atom stereocenters. The summed E-state index contributed by atoms with van der Waals surface area (Å²) in [6, 6.07) is 3.35. The van der Waals surface area contributed by atoms with Crippen molar-refractivity contribution in [2.75, 3.05) is 33.2 Å². The van der Waals surface area contributed by atoms with Crippen LogP contribution >= 0.6 is 11.6 Å². The summed E-state index contributed by atoms with van der Waals surface area (Å²) < 4.78 is 39.7. The Morgan fingerprint density at radius 2 is 2.00 bits per heavy atom. The maximum absolute atomic E-state index is 13.2. The molecule has 2 N–H and O–H groups in total. The molecule has 134 valence electrons. The fraction of sp³-hybridized carbons (Fsp3) is 0.533. The van der Waals surface area contributed by atoms with Crippen LogP contribution in [0.3, 0.4) is 0 Å². The van der Waals surface area contributed by atoms with Crippen molar-refractivity contribution >= 4 is 27.5 Å². The van der Waals surface area contributed by atoms with E-state index in [-0.39, 0.29) is 34.8 Å². The number of piperidine rings is 1. The molecule has 1 aliphatic rings. The van der Waals surface area contributed by atoms with Crippen LogP contribution in [0.2, 0.25) is 5.02 Å². The summed E-state index contributed by atoms with van der Waals surface area (Å²) in [5.41, 5.74) is 0. The van der Waals surface area contributed by atoms with E-state index >= 15 is 0 Å². The lowest BCUT2D eigenvalue weighted by Crippen LogP contribution is -2.43. The van der Waals surface area contributed by atoms with Crippen molar-refractivity contribution in [3.8, 4) is 0 Å². The minimum atomic E-state index is -3.73. The van der Waals surface area contributed by atoms with E-state index in [2.05, 4.69) is 10.6 Å². The number of halogens is 2. The highest BCUT2D eigenvalue weighted by atomic mass is 35.5. The molecule has 1 amide bonds. The second-order valence-electron chi connectivity index (χ2n) is 5.65. The molecule has 1 heterocycles. The van der Waals surface area contributed by atoms with Crippen LogP contribution in [0.1, 0.15) is 12.8 Å². The van der Waals surface area contributed by atoms with Crippen LogP contribution in [0.4, 0.5) is 4.39 Å². The zero-order valence-electron chi connectivity index (χ0n) is 13.4. The van der Waals surface area contributed by atoms with Gasteiger partial charge < -0.3 is 10.6 Å². The Morgan fingerprint density at radius 3 is 2.58 bits per heavy atom. The van der Waals surface area contributed by atoms with E-state index in [1.165, 1.54) is 10.4 Å². The summed E-state index contributed by atoms with van der Waals surface area (Å²) in [7, 11) is -1.93. The Labute approximate surface area is 146 Å². The summed E-state index contributed by atoms with van der Waals surface area (Å²) in [4.78, 5) is 12.0. The van der Waals surface area contributed by atoms with E-state index < -0.39 is 15.8 Å². The Hall–Kier alpha value is -1.22. The molecule has 0 saturated carbocycles. The lowest BCUT2D eigenvalue weighted by molar-refractivity contribution is -0.126. The molecule has 1 aromatic rings. The van der Waals surface area contributed by atoms with Crippen molar-refractivity contribution in [1.29, 1.82) is 0 Å². The summed E-state index contributed by atoms with van der Waals surface area (Å²) in [6.07, 6.45) is 0.916. The third-order valence-corrected chi connectivity index (χ3v) is 6.21. The average molecular weight is 378 g/mol. The van der Waals surface area contributed by atoms with Gasteiger partial charge in [0.25, 0.3) is 0 Å². The molecule has 9 heteroatoms. The van der Waals surface area contributed by atoms with Crippen LogP contribution < -0.4 is 10.6 Å². The van der Waals surface area contributed by atoms with Crippen molar-refractivity contribution in [2.45, 2.75) is 17.7 Å². The van der Waals surface area contributed by atoms with E-state index in [9.17, 15) is 17.6 Å². The van der Waals surface area contributed by atoms with Crippen LogP contribution in [0.25, 0.3) is 0 Å². The van der Waals surface area contributed by atoms with Crippen LogP contribution in [0.5, 0.6) is 0 Å². The number of rotatable bonds is 6. The molecule has 2 rings (SSSR count). The summed E-state index contributed by atoms with van der Waals surface area (Å²) >= 11 is 5.67. The number of nitrogens with one attached hydrogen (secondary N) is 2. The number of hydrogen-bond donors (Lipinski definition) is 2. The third kappa shape index (κ3) is 4.44. The highest BCUT2D eigenvalue weighted by Gasteiger charge is 2.32. The van der Waals surface area contributed by atoms with Gasteiger partial charge in [0, 0.05) is 32.1 Å². The van der Waals surface area contributed by atoms with Gasteiger partial charge >= 0.3 is 0 Å². The highest BCUT2D eigenvalue weighted by Crippen LogP contribution is 2.26. The van der Waals surface area contributed by atoms with Gasteiger partial charge in [0.1, 0.15) is 5.82 Å². The van der Waals surface area contributed by atoms with Gasteiger partial charge in [-0.1, -0.05) is 11.6 Å². The molecule has 1 fully saturated rings. The standard InChI is InChI=1S/C15H21ClFN3O3S/c1-18-6-7-19-15(21)11-4-8-20(9-5-11)24(22,23)12-2-3-14(17)13(16)10-12/h2-3,10-11,18H,4-9H2,1H3,(H,19,21). The Morgan fingerprint density at radius 1 is 1.33 bits per heavy atom. The van der Waals surface area contributed by atoms with Gasteiger partial charge in [0.2, 0.25) is 15.9 Å². The van der Waals surface area contributed by atoms with Crippen LogP contribution in [-0.2, 0) is 14.8 Å². The van der Waals surface area contributed by atoms with Crippen molar-refractivity contribution in [1.82, 2.24) is 14.9 Å². The maximum atomic E-state index is 13.2. The first kappa shape index (κ1) is 19.1. The molecule has 0 aliphatic carbocycles. The number of carbonyl (C=O) groups excluding carboxylic acids is 1. The fourth-order valence-corrected chi connectivity index (χ4v) is 4.34. The van der Waals surface area contributed by atoms with Gasteiger partial charge in [-0.25, -0.2) is 12.8 Å². The van der Waals surface area contributed by atoms with Crippen molar-refractivity contribution in [2.24, 2.45) is 5.92 Å². The lowest BCUT2D eigenvalue weighted by Gasteiger charge is -2.30. The molecule has 0 atom stereocenters. The van der Waals surface area contributed by atoms with E-state index in [4.69, 9.17) is 11.6 Å². The molecule has 0 radical (unpaired) electrons. The van der Waals surface area contributed by atoms with Gasteiger partial charge in [-0.05, 0) is 38.1 Å². The van der Waals surface area contributed by atoms with Crippen molar-refractivity contribution in [3.63, 3.8) is 0 Å². The first-order valence-corrected chi connectivity index (χ1v) is 9.55. The van der Waals surface area contributed by atoms with Crippen molar-refractivity contribution in [3.05, 3.63) is 29.0 Å². The predicted octanol–water partition coefficient (Wildman–Crippen LogP) is 1.22. The van der Waals surface area contributed by atoms with E-state index in [0.717, 1.165) is 12.1 Å². The monoisotopic (exact) mass is 377 g/mol. The summed E-state index contributed by atoms with van der Waals surface area (Å²) in [5, 5.41) is 5.54. The van der Waals surface area contributed by atoms with Crippen LogP contribution in [0, 0.1) is 11.7 Å². The van der Waals surface area contributed by atoms with E-state index in [0.29, 0.717) is 25.9 Å². The minimum absolute atomic E-state index is 0.0363. The molecule has 0 bridgehead atoms. The van der Waals surface area contributed by atoms with Gasteiger partial charge in [-0.15, -0.1) is 0 Å². The average Bonchev–Trinajstić information content (AvgIpc) is 2.57. The number of carbonyl (C=O) groups is 1. The topological polar surface area (TPSA) is 78.5 Å². The first-order chi connectivity index (χ1) is 11.4. The molecule has 1 saturated heterocycles. The first-order valence-electron chi connectivity index (χ1n) is 7.73. The predicted molar refractivity (Wildman–Crippen MR) is 89.8 cm³/mol. The molecule has 24 heavy (non-hydrogen) atoms. The molecular formula is C15H21ClFN3O3S. The molecular weight excluding hydrogens is 357 g/mol. The quantitative estimate of drug-likeness (QED) is 0.730. The number of benzene rings is 1. The highest BCUT2D eigenvalue weighted by molar-refractivity contribution is 7.89.